The van der Waals surface area contributed by atoms with Crippen molar-refractivity contribution in [2.24, 2.45) is 7.05 Å². The molecule has 1 N–H and O–H groups in total. The lowest BCUT2D eigenvalue weighted by Gasteiger charge is -2.22. The average molecular weight is 371 g/mol. The molecule has 0 bridgehead atoms. The van der Waals surface area contributed by atoms with Crippen LogP contribution in [0.2, 0.25) is 0 Å². The van der Waals surface area contributed by atoms with Crippen molar-refractivity contribution in [1.29, 1.82) is 0 Å². The Morgan fingerprint density at radius 1 is 1.26 bits per heavy atom. The molecule has 0 aliphatic carbocycles. The summed E-state index contributed by atoms with van der Waals surface area (Å²) < 4.78 is 1.85. The molecule has 27 heavy (non-hydrogen) atoms. The first kappa shape index (κ1) is 19.3. The van der Waals surface area contributed by atoms with Crippen molar-refractivity contribution >= 4 is 11.7 Å². The monoisotopic (exact) mass is 371 g/mol. The average Bonchev–Trinajstić information content (AvgIpc) is 3.20. The molecule has 0 spiro atoms. The molecule has 8 heteroatoms. The lowest BCUT2D eigenvalue weighted by atomic mass is 10.2. The van der Waals surface area contributed by atoms with Crippen LogP contribution in [-0.2, 0) is 13.6 Å². The summed E-state index contributed by atoms with van der Waals surface area (Å²) in [4.78, 5) is 25.0. The third kappa shape index (κ3) is 4.10. The Labute approximate surface area is 160 Å². The lowest BCUT2D eigenvalue weighted by Crippen LogP contribution is -2.33. The number of carbonyl (C=O) groups excluding carboxylic acids is 1. The molecule has 2 aromatic rings. The van der Waals surface area contributed by atoms with E-state index >= 15 is 0 Å². The normalized spacial score (nSPS) is 16.8. The minimum absolute atomic E-state index is 0.166. The van der Waals surface area contributed by atoms with E-state index in [1.54, 1.807) is 14.1 Å². The topological polar surface area (TPSA) is 79.2 Å². The standard InChI is InChI=1S/C19H29N7O/c1-12-13(2)21-17(19(27)24(4)5)22-18(12)26-8-7-16(11-26)20-9-15-10-25(6)23-14(15)3/h10,16,20H,7-9,11H2,1-6H3/t16-/m1/s1. The van der Waals surface area contributed by atoms with Crippen LogP contribution < -0.4 is 10.2 Å². The van der Waals surface area contributed by atoms with Crippen molar-refractivity contribution in [3.8, 4) is 0 Å². The van der Waals surface area contributed by atoms with Gasteiger partial charge in [0.05, 0.1) is 5.69 Å². The minimum atomic E-state index is -0.166. The predicted octanol–water partition coefficient (Wildman–Crippen LogP) is 1.21. The van der Waals surface area contributed by atoms with Gasteiger partial charge in [-0.3, -0.25) is 9.48 Å². The highest BCUT2D eigenvalue weighted by molar-refractivity contribution is 5.90. The van der Waals surface area contributed by atoms with Crippen LogP contribution in [0.25, 0.3) is 0 Å². The Morgan fingerprint density at radius 2 is 2.00 bits per heavy atom. The Balaban J connectivity index is 1.71. The molecule has 0 saturated carbocycles. The van der Waals surface area contributed by atoms with Crippen molar-refractivity contribution in [1.82, 2.24) is 30.0 Å². The molecule has 1 saturated heterocycles. The maximum atomic E-state index is 12.3. The summed E-state index contributed by atoms with van der Waals surface area (Å²) in [7, 11) is 5.38. The van der Waals surface area contributed by atoms with Gasteiger partial charge >= 0.3 is 0 Å². The van der Waals surface area contributed by atoms with Gasteiger partial charge in [0.25, 0.3) is 5.91 Å². The SMILES string of the molecule is Cc1nn(C)cc1CN[C@@H]1CCN(c2nc(C(=O)N(C)C)nc(C)c2C)C1. The molecule has 1 fully saturated rings. The molecule has 8 nitrogen and oxygen atoms in total. The molecule has 1 atom stereocenters. The summed E-state index contributed by atoms with van der Waals surface area (Å²) >= 11 is 0. The summed E-state index contributed by atoms with van der Waals surface area (Å²) in [5.74, 6) is 0.968. The Kier molecular flexibility index (Phi) is 5.46. The van der Waals surface area contributed by atoms with Crippen LogP contribution in [-0.4, -0.2) is 63.8 Å². The van der Waals surface area contributed by atoms with E-state index in [0.29, 0.717) is 6.04 Å². The highest BCUT2D eigenvalue weighted by Gasteiger charge is 2.26. The molecule has 3 heterocycles. The first-order valence-corrected chi connectivity index (χ1v) is 9.30. The van der Waals surface area contributed by atoms with E-state index in [-0.39, 0.29) is 11.7 Å². The van der Waals surface area contributed by atoms with Crippen LogP contribution in [0, 0.1) is 20.8 Å². The Hall–Kier alpha value is -2.48. The summed E-state index contributed by atoms with van der Waals surface area (Å²) in [5.41, 5.74) is 4.18. The van der Waals surface area contributed by atoms with Crippen LogP contribution in [0.5, 0.6) is 0 Å². The molecule has 146 valence electrons. The number of amides is 1. The summed E-state index contributed by atoms with van der Waals surface area (Å²) in [6.07, 6.45) is 3.10. The van der Waals surface area contributed by atoms with E-state index in [1.807, 2.05) is 32.5 Å². The molecule has 0 radical (unpaired) electrons. The lowest BCUT2D eigenvalue weighted by molar-refractivity contribution is 0.0815. The van der Waals surface area contributed by atoms with Crippen LogP contribution in [0.4, 0.5) is 5.82 Å². The molecular formula is C19H29N7O. The molecule has 1 aliphatic heterocycles. The van der Waals surface area contributed by atoms with E-state index in [4.69, 9.17) is 0 Å². The summed E-state index contributed by atoms with van der Waals surface area (Å²) in [6.45, 7) is 8.58. The van der Waals surface area contributed by atoms with E-state index in [0.717, 1.165) is 48.8 Å². The van der Waals surface area contributed by atoms with Gasteiger partial charge in [0, 0.05) is 69.8 Å². The van der Waals surface area contributed by atoms with E-state index in [9.17, 15) is 4.79 Å². The number of anilines is 1. The van der Waals surface area contributed by atoms with E-state index in [1.165, 1.54) is 10.5 Å². The third-order valence-corrected chi connectivity index (χ3v) is 5.15. The number of aryl methyl sites for hydroxylation is 3. The van der Waals surface area contributed by atoms with Gasteiger partial charge in [-0.1, -0.05) is 0 Å². The van der Waals surface area contributed by atoms with Crippen molar-refractivity contribution in [2.45, 2.75) is 39.8 Å². The summed E-state index contributed by atoms with van der Waals surface area (Å²) in [6, 6.07) is 0.382. The zero-order valence-electron chi connectivity index (χ0n) is 17.1. The van der Waals surface area contributed by atoms with Crippen molar-refractivity contribution in [2.75, 3.05) is 32.1 Å². The van der Waals surface area contributed by atoms with Crippen molar-refractivity contribution < 1.29 is 4.79 Å². The van der Waals surface area contributed by atoms with E-state index < -0.39 is 0 Å². The van der Waals surface area contributed by atoms with Crippen LogP contribution in [0.15, 0.2) is 6.20 Å². The predicted molar refractivity (Wildman–Crippen MR) is 105 cm³/mol. The van der Waals surface area contributed by atoms with Gasteiger partial charge in [0.15, 0.2) is 0 Å². The molecule has 0 aromatic carbocycles. The quantitative estimate of drug-likeness (QED) is 0.851. The zero-order chi connectivity index (χ0) is 19.7. The fourth-order valence-electron chi connectivity index (χ4n) is 3.41. The van der Waals surface area contributed by atoms with E-state index in [2.05, 4.69) is 31.5 Å². The zero-order valence-corrected chi connectivity index (χ0v) is 17.1. The second-order valence-electron chi connectivity index (χ2n) is 7.51. The largest absolute Gasteiger partial charge is 0.355 e. The molecule has 1 amide bonds. The Bertz CT molecular complexity index is 843. The van der Waals surface area contributed by atoms with Crippen LogP contribution in [0.3, 0.4) is 0 Å². The number of hydrogen-bond donors (Lipinski definition) is 1. The van der Waals surface area contributed by atoms with Crippen LogP contribution in [0.1, 0.15) is 39.6 Å². The van der Waals surface area contributed by atoms with Gasteiger partial charge in [-0.15, -0.1) is 0 Å². The van der Waals surface area contributed by atoms with Gasteiger partial charge in [-0.25, -0.2) is 9.97 Å². The van der Waals surface area contributed by atoms with Gasteiger partial charge in [-0.05, 0) is 27.2 Å². The fourth-order valence-corrected chi connectivity index (χ4v) is 3.41. The first-order valence-electron chi connectivity index (χ1n) is 9.30. The fraction of sp³-hybridized carbons (Fsp3) is 0.579. The maximum absolute atomic E-state index is 12.3. The minimum Gasteiger partial charge on any atom is -0.355 e. The molecule has 0 unspecified atom stereocenters. The highest BCUT2D eigenvalue weighted by atomic mass is 16.2. The number of nitrogens with zero attached hydrogens (tertiary/aromatic N) is 6. The number of rotatable bonds is 5. The number of carbonyl (C=O) groups is 1. The second-order valence-corrected chi connectivity index (χ2v) is 7.51. The number of hydrogen-bond acceptors (Lipinski definition) is 6. The van der Waals surface area contributed by atoms with Gasteiger partial charge in [0.2, 0.25) is 5.82 Å². The second kappa shape index (κ2) is 7.64. The first-order chi connectivity index (χ1) is 12.8. The smallest absolute Gasteiger partial charge is 0.291 e. The van der Waals surface area contributed by atoms with Crippen molar-refractivity contribution in [3.05, 3.63) is 34.5 Å². The number of aromatic nitrogens is 4. The van der Waals surface area contributed by atoms with Gasteiger partial charge in [0.1, 0.15) is 5.82 Å². The molecular weight excluding hydrogens is 342 g/mol. The number of nitrogens with one attached hydrogen (secondary N) is 1. The Morgan fingerprint density at radius 3 is 2.63 bits per heavy atom. The maximum Gasteiger partial charge on any atom is 0.291 e. The third-order valence-electron chi connectivity index (χ3n) is 5.15. The molecule has 3 rings (SSSR count). The van der Waals surface area contributed by atoms with Gasteiger partial charge < -0.3 is 15.1 Å². The van der Waals surface area contributed by atoms with Crippen molar-refractivity contribution in [3.63, 3.8) is 0 Å². The molecule has 2 aromatic heterocycles. The van der Waals surface area contributed by atoms with Crippen LogP contribution >= 0.6 is 0 Å². The summed E-state index contributed by atoms with van der Waals surface area (Å²) in [5, 5.41) is 8.02. The molecule has 1 aliphatic rings. The highest BCUT2D eigenvalue weighted by Crippen LogP contribution is 2.24. The van der Waals surface area contributed by atoms with Gasteiger partial charge in [-0.2, -0.15) is 5.10 Å².